The van der Waals surface area contributed by atoms with Crippen LogP contribution < -0.4 is 18.9 Å². The summed E-state index contributed by atoms with van der Waals surface area (Å²) in [7, 11) is 6.10. The SMILES string of the molecule is COc1ccc(C(=O)c2c(O)c(O)n(-c3ccc(OC)cc3)c2-c2ccc(OC)cc2OC)cc1. The average molecular weight is 475 g/mol. The van der Waals surface area contributed by atoms with Crippen LogP contribution >= 0.6 is 0 Å². The number of methoxy groups -OCH3 is 4. The molecule has 0 spiro atoms. The Morgan fingerprint density at radius 2 is 1.26 bits per heavy atom. The molecule has 8 heteroatoms. The van der Waals surface area contributed by atoms with Crippen LogP contribution in [0.5, 0.6) is 34.6 Å². The van der Waals surface area contributed by atoms with E-state index in [9.17, 15) is 15.0 Å². The van der Waals surface area contributed by atoms with E-state index in [1.165, 1.54) is 25.9 Å². The van der Waals surface area contributed by atoms with Crippen molar-refractivity contribution in [3.05, 3.63) is 77.9 Å². The normalized spacial score (nSPS) is 10.6. The lowest BCUT2D eigenvalue weighted by Crippen LogP contribution is -2.06. The van der Waals surface area contributed by atoms with Gasteiger partial charge in [0.25, 0.3) is 0 Å². The molecular weight excluding hydrogens is 450 g/mol. The maximum Gasteiger partial charge on any atom is 0.240 e. The predicted molar refractivity (Wildman–Crippen MR) is 131 cm³/mol. The minimum absolute atomic E-state index is 0.0769. The molecule has 0 aliphatic rings. The second kappa shape index (κ2) is 9.72. The lowest BCUT2D eigenvalue weighted by Gasteiger charge is -2.16. The number of aromatic nitrogens is 1. The maximum atomic E-state index is 13.7. The van der Waals surface area contributed by atoms with Crippen LogP contribution in [0.4, 0.5) is 0 Å². The van der Waals surface area contributed by atoms with Crippen LogP contribution in [0.3, 0.4) is 0 Å². The fraction of sp³-hybridized carbons (Fsp3) is 0.148. The highest BCUT2D eigenvalue weighted by Crippen LogP contribution is 2.47. The van der Waals surface area contributed by atoms with Crippen LogP contribution in [0.2, 0.25) is 0 Å². The van der Waals surface area contributed by atoms with Crippen LogP contribution in [0.25, 0.3) is 16.9 Å². The van der Waals surface area contributed by atoms with Crippen LogP contribution in [-0.2, 0) is 0 Å². The van der Waals surface area contributed by atoms with Gasteiger partial charge in [-0.2, -0.15) is 0 Å². The summed E-state index contributed by atoms with van der Waals surface area (Å²) in [6.07, 6.45) is 0. The Morgan fingerprint density at radius 3 is 1.80 bits per heavy atom. The molecule has 180 valence electrons. The van der Waals surface area contributed by atoms with Crippen LogP contribution in [0.1, 0.15) is 15.9 Å². The molecule has 3 aromatic carbocycles. The Bertz CT molecular complexity index is 1360. The first kappa shape index (κ1) is 23.6. The third kappa shape index (κ3) is 4.21. The number of hydrogen-bond donors (Lipinski definition) is 2. The van der Waals surface area contributed by atoms with E-state index in [-0.39, 0.29) is 11.3 Å². The topological polar surface area (TPSA) is 99.4 Å². The van der Waals surface area contributed by atoms with E-state index in [1.54, 1.807) is 73.8 Å². The zero-order valence-corrected chi connectivity index (χ0v) is 19.7. The molecule has 2 N–H and O–H groups in total. The third-order valence-electron chi connectivity index (χ3n) is 5.69. The van der Waals surface area contributed by atoms with Gasteiger partial charge in [-0.25, -0.2) is 0 Å². The van der Waals surface area contributed by atoms with E-state index < -0.39 is 17.4 Å². The minimum Gasteiger partial charge on any atom is -0.503 e. The van der Waals surface area contributed by atoms with E-state index in [2.05, 4.69) is 0 Å². The molecule has 35 heavy (non-hydrogen) atoms. The molecule has 1 heterocycles. The van der Waals surface area contributed by atoms with Gasteiger partial charge in [0.2, 0.25) is 5.88 Å². The molecule has 0 aliphatic heterocycles. The van der Waals surface area contributed by atoms with Gasteiger partial charge in [-0.15, -0.1) is 0 Å². The Labute approximate surface area is 202 Å². The van der Waals surface area contributed by atoms with Gasteiger partial charge >= 0.3 is 0 Å². The first-order valence-electron chi connectivity index (χ1n) is 10.7. The number of ketones is 1. The molecule has 4 aromatic rings. The first-order chi connectivity index (χ1) is 16.9. The smallest absolute Gasteiger partial charge is 0.240 e. The van der Waals surface area contributed by atoms with Crippen molar-refractivity contribution in [2.45, 2.75) is 0 Å². The number of aromatic hydroxyl groups is 2. The van der Waals surface area contributed by atoms with Gasteiger partial charge in [-0.3, -0.25) is 9.36 Å². The van der Waals surface area contributed by atoms with E-state index >= 15 is 0 Å². The largest absolute Gasteiger partial charge is 0.503 e. The number of hydrogen-bond acceptors (Lipinski definition) is 7. The summed E-state index contributed by atoms with van der Waals surface area (Å²) >= 11 is 0. The molecular formula is C27H25NO7. The average Bonchev–Trinajstić information content (AvgIpc) is 3.17. The highest BCUT2D eigenvalue weighted by Gasteiger charge is 2.31. The Kier molecular flexibility index (Phi) is 6.55. The quantitative estimate of drug-likeness (QED) is 0.353. The molecule has 0 radical (unpaired) electrons. The first-order valence-corrected chi connectivity index (χ1v) is 10.7. The van der Waals surface area contributed by atoms with Gasteiger partial charge in [0.05, 0.1) is 39.7 Å². The van der Waals surface area contributed by atoms with Crippen molar-refractivity contribution in [1.82, 2.24) is 4.57 Å². The van der Waals surface area contributed by atoms with Crippen molar-refractivity contribution in [3.63, 3.8) is 0 Å². The van der Waals surface area contributed by atoms with Crippen molar-refractivity contribution in [1.29, 1.82) is 0 Å². The predicted octanol–water partition coefficient (Wildman–Crippen LogP) is 4.82. The summed E-state index contributed by atoms with van der Waals surface area (Å²) in [4.78, 5) is 13.7. The molecule has 0 aliphatic carbocycles. The summed E-state index contributed by atoms with van der Waals surface area (Å²) in [6.45, 7) is 0. The van der Waals surface area contributed by atoms with E-state index in [1.807, 2.05) is 0 Å². The molecule has 0 amide bonds. The number of benzene rings is 3. The van der Waals surface area contributed by atoms with Crippen molar-refractivity contribution in [2.24, 2.45) is 0 Å². The van der Waals surface area contributed by atoms with Crippen LogP contribution in [-0.4, -0.2) is 49.0 Å². The maximum absolute atomic E-state index is 13.7. The van der Waals surface area contributed by atoms with Gasteiger partial charge in [0, 0.05) is 22.9 Å². The molecule has 0 fully saturated rings. The van der Waals surface area contributed by atoms with Gasteiger partial charge in [-0.05, 0) is 60.7 Å². The zero-order valence-electron chi connectivity index (χ0n) is 19.7. The van der Waals surface area contributed by atoms with Gasteiger partial charge in [0.15, 0.2) is 11.5 Å². The molecule has 0 saturated carbocycles. The molecule has 1 aromatic heterocycles. The number of ether oxygens (including phenoxy) is 4. The summed E-state index contributed by atoms with van der Waals surface area (Å²) in [5, 5.41) is 22.0. The second-order valence-corrected chi connectivity index (χ2v) is 7.55. The Balaban J connectivity index is 2.01. The second-order valence-electron chi connectivity index (χ2n) is 7.55. The summed E-state index contributed by atoms with van der Waals surface area (Å²) < 4.78 is 22.7. The lowest BCUT2D eigenvalue weighted by molar-refractivity contribution is 0.103. The van der Waals surface area contributed by atoms with E-state index in [0.29, 0.717) is 39.8 Å². The monoisotopic (exact) mass is 475 g/mol. The summed E-state index contributed by atoms with van der Waals surface area (Å²) in [6, 6.07) is 18.4. The fourth-order valence-electron chi connectivity index (χ4n) is 3.88. The van der Waals surface area contributed by atoms with Crippen molar-refractivity contribution in [2.75, 3.05) is 28.4 Å². The molecule has 0 unspecified atom stereocenters. The van der Waals surface area contributed by atoms with Crippen molar-refractivity contribution in [3.8, 4) is 51.6 Å². The Morgan fingerprint density at radius 1 is 0.714 bits per heavy atom. The van der Waals surface area contributed by atoms with Gasteiger partial charge in [0.1, 0.15) is 23.0 Å². The van der Waals surface area contributed by atoms with E-state index in [4.69, 9.17) is 18.9 Å². The van der Waals surface area contributed by atoms with Crippen molar-refractivity contribution >= 4 is 5.78 Å². The number of carbonyl (C=O) groups is 1. The number of carbonyl (C=O) groups excluding carboxylic acids is 1. The van der Waals surface area contributed by atoms with E-state index in [0.717, 1.165) is 0 Å². The third-order valence-corrected chi connectivity index (χ3v) is 5.69. The van der Waals surface area contributed by atoms with Gasteiger partial charge < -0.3 is 29.2 Å². The standard InChI is InChI=1S/C27H25NO7/c1-32-18-9-5-16(6-10-18)25(29)23-24(21-14-13-20(34-3)15-22(21)35-4)28(27(31)26(23)30)17-7-11-19(33-2)12-8-17/h5-15,30-31H,1-4H3. The molecule has 8 nitrogen and oxygen atoms in total. The molecule has 0 atom stereocenters. The van der Waals surface area contributed by atoms with Crippen molar-refractivity contribution < 1.29 is 34.0 Å². The minimum atomic E-state index is -0.547. The van der Waals surface area contributed by atoms with Crippen LogP contribution in [0.15, 0.2) is 66.7 Å². The number of nitrogens with zero attached hydrogens (tertiary/aromatic N) is 1. The highest BCUT2D eigenvalue weighted by molar-refractivity contribution is 6.15. The Hall–Kier alpha value is -4.59. The molecule has 0 bridgehead atoms. The van der Waals surface area contributed by atoms with Gasteiger partial charge in [-0.1, -0.05) is 0 Å². The summed E-state index contributed by atoms with van der Waals surface area (Å²) in [5.41, 5.74) is 1.45. The number of rotatable bonds is 8. The summed E-state index contributed by atoms with van der Waals surface area (Å²) in [5.74, 6) is 0.615. The molecule has 0 saturated heterocycles. The lowest BCUT2D eigenvalue weighted by atomic mass is 9.98. The zero-order chi connectivity index (χ0) is 25.1. The highest BCUT2D eigenvalue weighted by atomic mass is 16.5. The molecule has 4 rings (SSSR count). The van der Waals surface area contributed by atoms with Crippen LogP contribution in [0, 0.1) is 0 Å². The fourth-order valence-corrected chi connectivity index (χ4v) is 3.88.